The third kappa shape index (κ3) is 11.3. The fraction of sp³-hybridized carbons (Fsp3) is 0.690. The second-order valence-corrected chi connectivity index (χ2v) is 9.64. The van der Waals surface area contributed by atoms with Crippen LogP contribution in [-0.4, -0.2) is 25.2 Å². The van der Waals surface area contributed by atoms with Gasteiger partial charge in [0.15, 0.2) is 5.82 Å². The molecule has 1 aromatic heterocycles. The van der Waals surface area contributed by atoms with E-state index in [-0.39, 0.29) is 11.5 Å². The summed E-state index contributed by atoms with van der Waals surface area (Å²) in [7, 11) is 0. The minimum absolute atomic E-state index is 0.00209. The fourth-order valence-corrected chi connectivity index (χ4v) is 4.36. The zero-order chi connectivity index (χ0) is 24.4. The quantitative estimate of drug-likeness (QED) is 0.202. The first-order chi connectivity index (χ1) is 16.6. The molecule has 0 amide bonds. The summed E-state index contributed by atoms with van der Waals surface area (Å²) < 4.78 is 0. The second-order valence-electron chi connectivity index (χ2n) is 9.64. The number of rotatable bonds is 19. The smallest absolute Gasteiger partial charge is 0.167 e. The zero-order valence-electron chi connectivity index (χ0n) is 21.7. The van der Waals surface area contributed by atoms with Crippen LogP contribution in [0.4, 0.5) is 0 Å². The molecule has 0 saturated carbocycles. The van der Waals surface area contributed by atoms with E-state index in [1.807, 2.05) is 0 Å². The van der Waals surface area contributed by atoms with Gasteiger partial charge in [-0.2, -0.15) is 0 Å². The molecule has 0 bridgehead atoms. The molecule has 2 N–H and O–H groups in total. The van der Waals surface area contributed by atoms with Crippen LogP contribution >= 0.6 is 0 Å². The van der Waals surface area contributed by atoms with E-state index < -0.39 is 0 Å². The summed E-state index contributed by atoms with van der Waals surface area (Å²) in [5, 5.41) is 20.0. The number of nitrogens with zero attached hydrogens (tertiary/aromatic N) is 3. The van der Waals surface area contributed by atoms with Gasteiger partial charge in [0.1, 0.15) is 23.1 Å². The van der Waals surface area contributed by atoms with E-state index in [1.165, 1.54) is 96.0 Å². The lowest BCUT2D eigenvalue weighted by Crippen LogP contribution is -2.06. The first-order valence-corrected chi connectivity index (χ1v) is 13.9. The van der Waals surface area contributed by atoms with Crippen molar-refractivity contribution >= 4 is 0 Å². The Kier molecular flexibility index (Phi) is 14.3. The molecule has 0 fully saturated rings. The number of unbranched alkanes of at least 4 members (excludes halogenated alkanes) is 14. The van der Waals surface area contributed by atoms with Gasteiger partial charge in [-0.3, -0.25) is 0 Å². The summed E-state index contributed by atoms with van der Waals surface area (Å²) in [5.74, 6) is 2.18. The summed E-state index contributed by atoms with van der Waals surface area (Å²) in [5.41, 5.74) is 0.551. The van der Waals surface area contributed by atoms with Gasteiger partial charge in [-0.05, 0) is 25.0 Å². The van der Waals surface area contributed by atoms with Gasteiger partial charge in [-0.1, -0.05) is 104 Å². The van der Waals surface area contributed by atoms with E-state index in [0.717, 1.165) is 37.3 Å². The molecule has 0 radical (unpaired) electrons. The minimum Gasteiger partial charge on any atom is -0.508 e. The standard InChI is InChI=1S/C29H47N3O2/c1-3-5-7-9-11-13-15-17-19-27-30-28(20-18-16-14-12-10-8-6-4-2)32-29(31-27)25-22-21-24(33)23-26(25)34/h21-23,33-34H,3-20H2,1-2H3. The molecular formula is C29H47N3O2. The summed E-state index contributed by atoms with van der Waals surface area (Å²) >= 11 is 0. The van der Waals surface area contributed by atoms with E-state index in [1.54, 1.807) is 12.1 Å². The van der Waals surface area contributed by atoms with Crippen LogP contribution in [0.5, 0.6) is 11.5 Å². The van der Waals surface area contributed by atoms with Gasteiger partial charge in [0.2, 0.25) is 0 Å². The molecule has 0 aliphatic carbocycles. The molecule has 5 heteroatoms. The van der Waals surface area contributed by atoms with Gasteiger partial charge in [0.05, 0.1) is 5.56 Å². The summed E-state index contributed by atoms with van der Waals surface area (Å²) in [6.07, 6.45) is 22.1. The van der Waals surface area contributed by atoms with Gasteiger partial charge in [0.25, 0.3) is 0 Å². The Hall–Kier alpha value is -2.17. The van der Waals surface area contributed by atoms with Gasteiger partial charge in [0, 0.05) is 18.9 Å². The summed E-state index contributed by atoms with van der Waals surface area (Å²) in [4.78, 5) is 14.1. The van der Waals surface area contributed by atoms with Crippen LogP contribution in [0.3, 0.4) is 0 Å². The maximum atomic E-state index is 10.3. The molecule has 0 aliphatic rings. The third-order valence-corrected chi connectivity index (χ3v) is 6.46. The molecule has 0 saturated heterocycles. The lowest BCUT2D eigenvalue weighted by molar-refractivity contribution is 0.451. The highest BCUT2D eigenvalue weighted by molar-refractivity contribution is 5.64. The van der Waals surface area contributed by atoms with Crippen LogP contribution in [0.2, 0.25) is 0 Å². The van der Waals surface area contributed by atoms with Gasteiger partial charge >= 0.3 is 0 Å². The molecule has 0 unspecified atom stereocenters. The number of phenolic OH excluding ortho intramolecular Hbond substituents is 2. The molecule has 1 heterocycles. The molecule has 0 aliphatic heterocycles. The predicted octanol–water partition coefficient (Wildman–Crippen LogP) is 8.32. The van der Waals surface area contributed by atoms with E-state index in [9.17, 15) is 10.2 Å². The van der Waals surface area contributed by atoms with Gasteiger partial charge in [-0.25, -0.2) is 15.0 Å². The van der Waals surface area contributed by atoms with E-state index in [2.05, 4.69) is 23.8 Å². The number of hydrogen-bond donors (Lipinski definition) is 2. The van der Waals surface area contributed by atoms with Crippen molar-refractivity contribution in [2.75, 3.05) is 0 Å². The first-order valence-electron chi connectivity index (χ1n) is 13.9. The molecule has 190 valence electrons. The van der Waals surface area contributed by atoms with Crippen LogP contribution in [0, 0.1) is 0 Å². The highest BCUT2D eigenvalue weighted by Gasteiger charge is 2.13. The lowest BCUT2D eigenvalue weighted by Gasteiger charge is -2.09. The van der Waals surface area contributed by atoms with Crippen LogP contribution in [0.1, 0.15) is 128 Å². The minimum atomic E-state index is 0.00209. The van der Waals surface area contributed by atoms with Gasteiger partial charge in [-0.15, -0.1) is 0 Å². The molecule has 5 nitrogen and oxygen atoms in total. The van der Waals surface area contributed by atoms with Crippen molar-refractivity contribution in [3.05, 3.63) is 29.8 Å². The van der Waals surface area contributed by atoms with Crippen molar-refractivity contribution < 1.29 is 10.2 Å². The Morgan fingerprint density at radius 3 is 1.44 bits per heavy atom. The molecule has 0 spiro atoms. The third-order valence-electron chi connectivity index (χ3n) is 6.46. The average molecular weight is 470 g/mol. The lowest BCUT2D eigenvalue weighted by atomic mass is 10.1. The normalized spacial score (nSPS) is 11.2. The number of phenols is 2. The maximum absolute atomic E-state index is 10.3. The van der Waals surface area contributed by atoms with Crippen LogP contribution in [0.25, 0.3) is 11.4 Å². The number of benzene rings is 1. The number of hydrogen-bond acceptors (Lipinski definition) is 5. The van der Waals surface area contributed by atoms with Crippen molar-refractivity contribution in [3.8, 4) is 22.9 Å². The highest BCUT2D eigenvalue weighted by Crippen LogP contribution is 2.30. The zero-order valence-corrected chi connectivity index (χ0v) is 21.7. The Labute approximate surface area is 207 Å². The average Bonchev–Trinajstić information content (AvgIpc) is 2.82. The Morgan fingerprint density at radius 1 is 0.559 bits per heavy atom. The predicted molar refractivity (Wildman–Crippen MR) is 141 cm³/mol. The van der Waals surface area contributed by atoms with Crippen molar-refractivity contribution in [1.82, 2.24) is 15.0 Å². The highest BCUT2D eigenvalue weighted by atomic mass is 16.3. The number of aromatic hydroxyl groups is 2. The van der Waals surface area contributed by atoms with E-state index >= 15 is 0 Å². The van der Waals surface area contributed by atoms with Gasteiger partial charge < -0.3 is 10.2 Å². The molecular weight excluding hydrogens is 422 g/mol. The fourth-order valence-electron chi connectivity index (χ4n) is 4.36. The number of aryl methyl sites for hydroxylation is 2. The van der Waals surface area contributed by atoms with Crippen LogP contribution in [-0.2, 0) is 12.8 Å². The van der Waals surface area contributed by atoms with E-state index in [4.69, 9.17) is 4.98 Å². The Bertz CT molecular complexity index is 772. The Balaban J connectivity index is 1.92. The van der Waals surface area contributed by atoms with E-state index in [0.29, 0.717) is 11.4 Å². The molecule has 2 aromatic rings. The Morgan fingerprint density at radius 2 is 1.00 bits per heavy atom. The summed E-state index contributed by atoms with van der Waals surface area (Å²) in [6.45, 7) is 4.51. The molecule has 0 atom stereocenters. The molecule has 2 rings (SSSR count). The largest absolute Gasteiger partial charge is 0.508 e. The maximum Gasteiger partial charge on any atom is 0.167 e. The summed E-state index contributed by atoms with van der Waals surface area (Å²) in [6, 6.07) is 4.59. The van der Waals surface area contributed by atoms with Crippen LogP contribution < -0.4 is 0 Å². The van der Waals surface area contributed by atoms with Crippen molar-refractivity contribution in [2.45, 2.75) is 129 Å². The van der Waals surface area contributed by atoms with Crippen molar-refractivity contribution in [1.29, 1.82) is 0 Å². The first kappa shape index (κ1) is 28.1. The number of aromatic nitrogens is 3. The molecule has 1 aromatic carbocycles. The second kappa shape index (κ2) is 17.3. The topological polar surface area (TPSA) is 79.1 Å². The monoisotopic (exact) mass is 469 g/mol. The van der Waals surface area contributed by atoms with Crippen molar-refractivity contribution in [2.24, 2.45) is 0 Å². The SMILES string of the molecule is CCCCCCCCCCc1nc(CCCCCCCCCC)nc(-c2ccc(O)cc2O)n1. The van der Waals surface area contributed by atoms with Crippen molar-refractivity contribution in [3.63, 3.8) is 0 Å². The molecule has 34 heavy (non-hydrogen) atoms. The van der Waals surface area contributed by atoms with Crippen LogP contribution in [0.15, 0.2) is 18.2 Å².